The van der Waals surface area contributed by atoms with E-state index in [9.17, 15) is 5.11 Å². The molecule has 0 radical (unpaired) electrons. The lowest BCUT2D eigenvalue weighted by molar-refractivity contribution is -0.0197. The molecule has 0 spiro atoms. The summed E-state index contributed by atoms with van der Waals surface area (Å²) in [7, 11) is 0. The molecular weight excluding hydrogens is 202 g/mol. The molecule has 0 amide bonds. The third-order valence-electron chi connectivity index (χ3n) is 4.28. The van der Waals surface area contributed by atoms with E-state index < -0.39 is 0 Å². The Kier molecular flexibility index (Phi) is 3.57. The van der Waals surface area contributed by atoms with E-state index in [0.717, 1.165) is 13.0 Å². The Hall–Kier alpha value is -0.120. The van der Waals surface area contributed by atoms with Gasteiger partial charge in [0, 0.05) is 17.6 Å². The maximum atomic E-state index is 9.44. The second-order valence-corrected chi connectivity index (χ2v) is 5.75. The topological polar surface area (TPSA) is 32.7 Å². The minimum Gasteiger partial charge on any atom is -0.395 e. The highest BCUT2D eigenvalue weighted by Crippen LogP contribution is 2.45. The number of hydrogen-bond acceptors (Lipinski definition) is 3. The zero-order valence-electron chi connectivity index (χ0n) is 10.8. The molecule has 0 aliphatic carbocycles. The SMILES string of the molecule is CC(C)OC[C@@]12CCC(C)N1[C@H](CO)CC2. The van der Waals surface area contributed by atoms with Gasteiger partial charge in [-0.3, -0.25) is 4.90 Å². The van der Waals surface area contributed by atoms with Crippen LogP contribution in [0.5, 0.6) is 0 Å². The molecule has 0 aromatic carbocycles. The standard InChI is InChI=1S/C13H25NO2/c1-10(2)16-9-13-6-4-11(3)14(13)12(8-15)5-7-13/h10-12,15H,4-9H2,1-3H3/t11?,12-,13-/m0/s1. The van der Waals surface area contributed by atoms with Gasteiger partial charge in [0.25, 0.3) is 0 Å². The van der Waals surface area contributed by atoms with Crippen molar-refractivity contribution in [1.82, 2.24) is 4.90 Å². The fourth-order valence-corrected chi connectivity index (χ4v) is 3.51. The lowest BCUT2D eigenvalue weighted by Gasteiger charge is -2.37. The minimum atomic E-state index is 0.233. The predicted molar refractivity (Wildman–Crippen MR) is 64.5 cm³/mol. The van der Waals surface area contributed by atoms with E-state index in [0.29, 0.717) is 24.8 Å². The molecule has 0 bridgehead atoms. The normalized spacial score (nSPS) is 39.6. The van der Waals surface area contributed by atoms with E-state index in [-0.39, 0.29) is 5.54 Å². The van der Waals surface area contributed by atoms with Crippen molar-refractivity contribution in [3.05, 3.63) is 0 Å². The van der Waals surface area contributed by atoms with E-state index >= 15 is 0 Å². The smallest absolute Gasteiger partial charge is 0.0654 e. The van der Waals surface area contributed by atoms with Crippen LogP contribution in [0.25, 0.3) is 0 Å². The van der Waals surface area contributed by atoms with Gasteiger partial charge >= 0.3 is 0 Å². The fraction of sp³-hybridized carbons (Fsp3) is 1.00. The molecule has 0 saturated carbocycles. The van der Waals surface area contributed by atoms with Gasteiger partial charge in [-0.1, -0.05) is 0 Å². The van der Waals surface area contributed by atoms with E-state index in [2.05, 4.69) is 25.7 Å². The number of rotatable bonds is 4. The van der Waals surface area contributed by atoms with E-state index in [1.807, 2.05) is 0 Å². The summed E-state index contributed by atoms with van der Waals surface area (Å²) < 4.78 is 5.85. The number of ether oxygens (including phenoxy) is 1. The number of nitrogens with zero attached hydrogens (tertiary/aromatic N) is 1. The summed E-state index contributed by atoms with van der Waals surface area (Å²) in [5.74, 6) is 0. The summed E-state index contributed by atoms with van der Waals surface area (Å²) in [5, 5.41) is 9.44. The molecule has 0 aromatic heterocycles. The summed E-state index contributed by atoms with van der Waals surface area (Å²) in [5.41, 5.74) is 0.233. The first-order valence-corrected chi connectivity index (χ1v) is 6.60. The van der Waals surface area contributed by atoms with Gasteiger partial charge in [0.15, 0.2) is 0 Å². The molecule has 94 valence electrons. The molecule has 16 heavy (non-hydrogen) atoms. The van der Waals surface area contributed by atoms with Crippen molar-refractivity contribution in [2.75, 3.05) is 13.2 Å². The molecule has 2 fully saturated rings. The molecule has 3 atom stereocenters. The van der Waals surface area contributed by atoms with Gasteiger partial charge < -0.3 is 9.84 Å². The fourth-order valence-electron chi connectivity index (χ4n) is 3.51. The van der Waals surface area contributed by atoms with Crippen LogP contribution in [0.3, 0.4) is 0 Å². The van der Waals surface area contributed by atoms with Crippen LogP contribution in [0.4, 0.5) is 0 Å². The van der Waals surface area contributed by atoms with Crippen LogP contribution in [0.2, 0.25) is 0 Å². The average molecular weight is 227 g/mol. The van der Waals surface area contributed by atoms with Gasteiger partial charge in [0.05, 0.1) is 19.3 Å². The highest BCUT2D eigenvalue weighted by atomic mass is 16.5. The Morgan fingerprint density at radius 3 is 2.69 bits per heavy atom. The first-order chi connectivity index (χ1) is 7.59. The molecule has 2 rings (SSSR count). The van der Waals surface area contributed by atoms with E-state index in [4.69, 9.17) is 4.74 Å². The minimum absolute atomic E-state index is 0.233. The zero-order valence-corrected chi connectivity index (χ0v) is 10.8. The van der Waals surface area contributed by atoms with Crippen LogP contribution >= 0.6 is 0 Å². The van der Waals surface area contributed by atoms with Crippen LogP contribution in [0, 0.1) is 0 Å². The highest BCUT2D eigenvalue weighted by molar-refractivity contribution is 5.07. The third-order valence-corrected chi connectivity index (χ3v) is 4.28. The zero-order chi connectivity index (χ0) is 11.8. The summed E-state index contributed by atoms with van der Waals surface area (Å²) in [6.45, 7) is 7.61. The van der Waals surface area contributed by atoms with Crippen LogP contribution < -0.4 is 0 Å². The Bertz CT molecular complexity index is 244. The van der Waals surface area contributed by atoms with Crippen LogP contribution in [-0.4, -0.2) is 46.9 Å². The molecule has 1 N–H and O–H groups in total. The second-order valence-electron chi connectivity index (χ2n) is 5.75. The largest absolute Gasteiger partial charge is 0.395 e. The van der Waals surface area contributed by atoms with Gasteiger partial charge in [0.1, 0.15) is 0 Å². The van der Waals surface area contributed by atoms with E-state index in [1.54, 1.807) is 0 Å². The number of aliphatic hydroxyl groups is 1. The molecular formula is C13H25NO2. The van der Waals surface area contributed by atoms with Gasteiger partial charge in [-0.15, -0.1) is 0 Å². The number of hydrogen-bond donors (Lipinski definition) is 1. The van der Waals surface area contributed by atoms with Gasteiger partial charge in [0.2, 0.25) is 0 Å². The van der Waals surface area contributed by atoms with Crippen molar-refractivity contribution < 1.29 is 9.84 Å². The molecule has 1 unspecified atom stereocenters. The maximum Gasteiger partial charge on any atom is 0.0654 e. The Labute approximate surface area is 98.8 Å². The van der Waals surface area contributed by atoms with Crippen LogP contribution in [0.15, 0.2) is 0 Å². The van der Waals surface area contributed by atoms with Gasteiger partial charge in [-0.2, -0.15) is 0 Å². The summed E-state index contributed by atoms with van der Waals surface area (Å²) in [6, 6.07) is 0.976. The van der Waals surface area contributed by atoms with Crippen LogP contribution in [0.1, 0.15) is 46.5 Å². The van der Waals surface area contributed by atoms with E-state index in [1.165, 1.54) is 19.3 Å². The number of aliphatic hydroxyl groups excluding tert-OH is 1. The number of fused-ring (bicyclic) bond motifs is 1. The van der Waals surface area contributed by atoms with Gasteiger partial charge in [-0.05, 0) is 46.5 Å². The Morgan fingerprint density at radius 1 is 1.38 bits per heavy atom. The lowest BCUT2D eigenvalue weighted by Crippen LogP contribution is -2.49. The van der Waals surface area contributed by atoms with Crippen molar-refractivity contribution in [3.63, 3.8) is 0 Å². The van der Waals surface area contributed by atoms with Crippen molar-refractivity contribution in [2.45, 2.75) is 70.2 Å². The van der Waals surface area contributed by atoms with Crippen LogP contribution in [-0.2, 0) is 4.74 Å². The maximum absolute atomic E-state index is 9.44. The van der Waals surface area contributed by atoms with Crippen molar-refractivity contribution in [3.8, 4) is 0 Å². The molecule has 2 saturated heterocycles. The Morgan fingerprint density at radius 2 is 2.06 bits per heavy atom. The van der Waals surface area contributed by atoms with Crippen molar-refractivity contribution >= 4 is 0 Å². The molecule has 3 nitrogen and oxygen atoms in total. The first kappa shape index (κ1) is 12.3. The molecule has 2 heterocycles. The Balaban J connectivity index is 2.07. The molecule has 3 heteroatoms. The highest BCUT2D eigenvalue weighted by Gasteiger charge is 2.52. The molecule has 2 aliphatic heterocycles. The third kappa shape index (κ3) is 2.01. The summed E-state index contributed by atoms with van der Waals surface area (Å²) >= 11 is 0. The lowest BCUT2D eigenvalue weighted by atomic mass is 9.95. The quantitative estimate of drug-likeness (QED) is 0.795. The molecule has 2 aliphatic rings. The van der Waals surface area contributed by atoms with Crippen molar-refractivity contribution in [1.29, 1.82) is 0 Å². The monoisotopic (exact) mass is 227 g/mol. The summed E-state index contributed by atoms with van der Waals surface area (Å²) in [4.78, 5) is 2.54. The predicted octanol–water partition coefficient (Wildman–Crippen LogP) is 1.79. The average Bonchev–Trinajstić information content (AvgIpc) is 2.75. The first-order valence-electron chi connectivity index (χ1n) is 6.60. The molecule has 0 aromatic rings. The second kappa shape index (κ2) is 4.63. The van der Waals surface area contributed by atoms with Gasteiger partial charge in [-0.25, -0.2) is 0 Å². The van der Waals surface area contributed by atoms with Crippen molar-refractivity contribution in [2.24, 2.45) is 0 Å². The summed E-state index contributed by atoms with van der Waals surface area (Å²) in [6.07, 6.45) is 5.10.